The van der Waals surface area contributed by atoms with E-state index in [1.807, 2.05) is 88.8 Å². The van der Waals surface area contributed by atoms with Crippen LogP contribution < -0.4 is 4.74 Å². The van der Waals surface area contributed by atoms with E-state index in [-0.39, 0.29) is 5.56 Å². The van der Waals surface area contributed by atoms with Gasteiger partial charge in [-0.3, -0.25) is 0 Å². The van der Waals surface area contributed by atoms with Crippen molar-refractivity contribution in [1.29, 1.82) is 0 Å². The summed E-state index contributed by atoms with van der Waals surface area (Å²) in [5.41, 5.74) is 6.20. The summed E-state index contributed by atoms with van der Waals surface area (Å²) in [6.07, 6.45) is 0. The number of benzene rings is 5. The highest BCUT2D eigenvalue weighted by atomic mass is 32.2. The van der Waals surface area contributed by atoms with Gasteiger partial charge in [0, 0.05) is 108 Å². The minimum absolute atomic E-state index is 0.176. The van der Waals surface area contributed by atoms with Gasteiger partial charge < -0.3 is 46.7 Å². The molecule has 0 spiro atoms. The van der Waals surface area contributed by atoms with Crippen molar-refractivity contribution in [3.8, 4) is 57.1 Å². The fraction of sp³-hybridized carbons (Fsp3) is 0.435. The van der Waals surface area contributed by atoms with Gasteiger partial charge in [-0.1, -0.05) is 0 Å². The Kier molecular flexibility index (Phi) is 20.9. The number of ether oxygens (including phenoxy) is 1. The molecule has 0 saturated heterocycles. The van der Waals surface area contributed by atoms with Gasteiger partial charge in [-0.05, 0) is 78.9 Å². The number of nitrogens with zero attached hydrogens (tertiary/aromatic N) is 12. The smallest absolute Gasteiger partial charge is 0.335 e. The zero-order valence-corrected chi connectivity index (χ0v) is 62.0. The predicted octanol–water partition coefficient (Wildman–Crippen LogP) is 13.1. The third kappa shape index (κ3) is 18.3. The number of quaternary nitrogens is 6. The molecular weight excluding hydrogens is 1270 g/mol. The van der Waals surface area contributed by atoms with E-state index in [1.165, 1.54) is 29.4 Å². The minimum Gasteiger partial charge on any atom is -0.478 e. The molecule has 92 heavy (non-hydrogen) atoms. The molecule has 23 heteroatoms. The van der Waals surface area contributed by atoms with Crippen molar-refractivity contribution in [2.24, 2.45) is 0 Å². The van der Waals surface area contributed by atoms with Crippen LogP contribution in [0.2, 0.25) is 0 Å². The number of nitrogens with one attached hydrogen (secondary N) is 2. The Labute approximate surface area is 569 Å². The first-order chi connectivity index (χ1) is 43.1. The van der Waals surface area contributed by atoms with Crippen molar-refractivity contribution < 1.29 is 41.5 Å². The van der Waals surface area contributed by atoms with Crippen LogP contribution in [0.15, 0.2) is 108 Å². The highest BCUT2D eigenvalue weighted by molar-refractivity contribution is 8.03. The number of carbonyl (C=O) groups is 1. The standard InChI is InChI=1S/C69H92N14O3S6/c1-78(2,3)25-31-87-55-38-49-50(39-56(55)88-32-26-79(4,5)6)65-73-63(49)71-61-47-24-23-46(86-45-21-19-44(20-22-45)69(84)85)37-48(47)62(70-61)72-64-51-40-57(89-33-27-80(7,8)9)58(90-34-28-81(10,11)12)41-52(51)66(74-64)76-68-54-43-60(92-36-30-83(16,17)18)59(91-35-29-82(13,14)15)42-53(54)67(75-65)77-68/h19-24,37-43H,25-36H2,1-18H3,(H-2,70,71,72,73,74,75,76,77,84,85)/q+4/p+2. The first-order valence-electron chi connectivity index (χ1n) is 31.2. The van der Waals surface area contributed by atoms with Crippen LogP contribution in [-0.4, -0.2) is 278 Å². The lowest BCUT2D eigenvalue weighted by molar-refractivity contribution is -0.867. The summed E-state index contributed by atoms with van der Waals surface area (Å²) in [6, 6.07) is 26.2. The Morgan fingerprint density at radius 2 is 0.609 bits per heavy atom. The van der Waals surface area contributed by atoms with Crippen molar-refractivity contribution in [1.82, 2.24) is 39.9 Å². The van der Waals surface area contributed by atoms with Crippen LogP contribution in [0.1, 0.15) is 10.4 Å². The van der Waals surface area contributed by atoms with Crippen molar-refractivity contribution in [2.45, 2.75) is 29.4 Å². The van der Waals surface area contributed by atoms with E-state index in [4.69, 9.17) is 34.6 Å². The lowest BCUT2D eigenvalue weighted by Gasteiger charge is -2.24. The largest absolute Gasteiger partial charge is 0.478 e. The van der Waals surface area contributed by atoms with Crippen LogP contribution >= 0.6 is 70.6 Å². The Hall–Kier alpha value is -5.41. The van der Waals surface area contributed by atoms with Crippen LogP contribution in [0, 0.1) is 0 Å². The molecule has 5 aromatic carbocycles. The Balaban J connectivity index is 1.29. The second-order valence-corrected chi connectivity index (χ2v) is 36.8. The van der Waals surface area contributed by atoms with Crippen molar-refractivity contribution >= 4 is 121 Å². The molecule has 2 aliphatic heterocycles. The lowest BCUT2D eigenvalue weighted by Crippen LogP contribution is -2.36. The van der Waals surface area contributed by atoms with E-state index in [1.54, 1.807) is 24.3 Å². The SMILES string of the molecule is C[N+](C)(C)CCSc1cc2c(cc1SCC[N+](C)(C)C)-c1nc-2nc2[nH]c(nc3nc(nc4[nH]c(n1)c1cc(SCC[N+](C)(C)C)c(SCC[N+](C)(C)C)cc41)-c1cc(SCC[N+](C)(C)C)c(SCC[N+](C)(C)C)cc1-3)c1cc(Oc3ccc(C(=O)O)cc3)ccc21. The molecule has 0 saturated carbocycles. The number of H-pyrrole nitrogens is 2. The monoisotopic (exact) mass is 1360 g/mol. The lowest BCUT2D eigenvalue weighted by atomic mass is 10.1. The number of aromatic amines is 2. The van der Waals surface area contributed by atoms with Gasteiger partial charge in [0.1, 0.15) is 34.1 Å². The average Bonchev–Trinajstić information content (AvgIpc) is 1.59. The molecule has 0 fully saturated rings. The summed E-state index contributed by atoms with van der Waals surface area (Å²) in [6.45, 7) is 5.96. The van der Waals surface area contributed by atoms with E-state index in [9.17, 15) is 9.90 Å². The van der Waals surface area contributed by atoms with E-state index in [2.05, 4.69) is 173 Å². The van der Waals surface area contributed by atoms with Crippen LogP contribution in [-0.2, 0) is 0 Å². The number of hydrogen-bond donors (Lipinski definition) is 3. The molecule has 0 unspecified atom stereocenters. The Bertz CT molecular complexity index is 4230. The summed E-state index contributed by atoms with van der Waals surface area (Å²) in [4.78, 5) is 60.0. The van der Waals surface area contributed by atoms with Crippen molar-refractivity contribution in [3.63, 3.8) is 0 Å². The molecule has 17 nitrogen and oxygen atoms in total. The summed E-state index contributed by atoms with van der Waals surface area (Å²) in [7, 11) is 40.5. The second-order valence-electron chi connectivity index (χ2n) is 30.0. The molecule has 0 aliphatic carbocycles. The Morgan fingerprint density at radius 3 is 0.891 bits per heavy atom. The second kappa shape index (κ2) is 27.7. The maximum Gasteiger partial charge on any atom is 0.335 e. The molecule has 0 atom stereocenters. The summed E-state index contributed by atoms with van der Waals surface area (Å²) >= 11 is 11.4. The molecular formula is C69H94N14O3S6+6. The summed E-state index contributed by atoms with van der Waals surface area (Å²) in [5.74, 6) is 7.82. The first-order valence-corrected chi connectivity index (χ1v) is 37.1. The molecule has 2 aliphatic rings. The maximum atomic E-state index is 11.8. The van der Waals surface area contributed by atoms with Crippen LogP contribution in [0.5, 0.6) is 11.5 Å². The Morgan fingerprint density at radius 1 is 0.348 bits per heavy atom. The predicted molar refractivity (Wildman–Crippen MR) is 391 cm³/mol. The van der Waals surface area contributed by atoms with E-state index in [0.29, 0.717) is 57.4 Å². The van der Waals surface area contributed by atoms with Gasteiger partial charge in [0.05, 0.1) is 172 Å². The number of carboxylic acids is 1. The van der Waals surface area contributed by atoms with Gasteiger partial charge in [-0.2, -0.15) is 0 Å². The number of hydrogen-bond acceptors (Lipinski definition) is 14. The van der Waals surface area contributed by atoms with E-state index < -0.39 is 5.97 Å². The van der Waals surface area contributed by atoms with Crippen molar-refractivity contribution in [2.75, 3.05) is 201 Å². The number of carboxylic acid groups (broad SMARTS) is 1. The van der Waals surface area contributed by atoms with E-state index in [0.717, 1.165) is 144 Å². The summed E-state index contributed by atoms with van der Waals surface area (Å²) < 4.78 is 11.6. The highest BCUT2D eigenvalue weighted by Crippen LogP contribution is 2.46. The zero-order chi connectivity index (χ0) is 66.3. The maximum absolute atomic E-state index is 11.8. The zero-order valence-electron chi connectivity index (χ0n) is 57.1. The quantitative estimate of drug-likeness (QED) is 0.0330. The van der Waals surface area contributed by atoms with Gasteiger partial charge in [0.25, 0.3) is 0 Å². The number of aromatic carboxylic acids is 1. The van der Waals surface area contributed by atoms with Crippen LogP contribution in [0.4, 0.5) is 0 Å². The number of fused-ring (bicyclic) bond motifs is 20. The van der Waals surface area contributed by atoms with Crippen LogP contribution in [0.3, 0.4) is 0 Å². The van der Waals surface area contributed by atoms with Gasteiger partial charge in [-0.25, -0.2) is 34.7 Å². The number of rotatable bonds is 27. The minimum atomic E-state index is -1.00. The van der Waals surface area contributed by atoms with Crippen LogP contribution in [0.25, 0.3) is 89.7 Å². The van der Waals surface area contributed by atoms with E-state index >= 15 is 0 Å². The fourth-order valence-corrected chi connectivity index (χ4v) is 18.5. The first kappa shape index (κ1) is 69.4. The molecule has 488 valence electrons. The van der Waals surface area contributed by atoms with Gasteiger partial charge >= 0.3 is 5.97 Å². The number of aromatic nitrogens is 8. The highest BCUT2D eigenvalue weighted by Gasteiger charge is 2.28. The third-order valence-electron chi connectivity index (χ3n) is 15.4. The fourth-order valence-electron chi connectivity index (χ4n) is 9.91. The van der Waals surface area contributed by atoms with Gasteiger partial charge in [0.15, 0.2) is 23.3 Å². The summed E-state index contributed by atoms with van der Waals surface area (Å²) in [5, 5.41) is 13.2. The third-order valence-corrected chi connectivity index (χ3v) is 22.1. The molecule has 3 aromatic heterocycles. The molecule has 8 aromatic rings. The number of thioether (sulfide) groups is 6. The van der Waals surface area contributed by atoms with Gasteiger partial charge in [0.2, 0.25) is 0 Å². The molecule has 5 heterocycles. The molecule has 3 N–H and O–H groups in total. The molecule has 0 amide bonds. The normalized spacial score (nSPS) is 13.1. The average molecular weight is 1360 g/mol. The molecule has 0 radical (unpaired) electrons. The molecule has 8 bridgehead atoms. The molecule has 10 rings (SSSR count). The van der Waals surface area contributed by atoms with Crippen molar-refractivity contribution in [3.05, 3.63) is 84.4 Å². The van der Waals surface area contributed by atoms with Gasteiger partial charge in [-0.15, -0.1) is 70.6 Å². The topological polar surface area (TPSA) is 155 Å².